The number of rotatable bonds is 8. The van der Waals surface area contributed by atoms with Crippen molar-refractivity contribution in [1.82, 2.24) is 9.47 Å². The number of anilines is 1. The molecule has 2 N–H and O–H groups in total. The smallest absolute Gasteiger partial charge is 0.255 e. The number of aromatic hydroxyl groups is 1. The van der Waals surface area contributed by atoms with Crippen molar-refractivity contribution in [2.45, 2.75) is 33.7 Å². The molecule has 0 bridgehead atoms. The number of amides is 1. The molecule has 0 spiro atoms. The number of carbonyl (C=O) groups is 1. The molecule has 6 heteroatoms. The van der Waals surface area contributed by atoms with Crippen LogP contribution in [0, 0.1) is 20.8 Å². The molecule has 0 atom stereocenters. The molecule has 6 nitrogen and oxygen atoms in total. The highest BCUT2D eigenvalue weighted by atomic mass is 16.5. The number of phenols is 1. The molecule has 0 unspecified atom stereocenters. The van der Waals surface area contributed by atoms with E-state index in [0.717, 1.165) is 30.8 Å². The van der Waals surface area contributed by atoms with E-state index in [0.29, 0.717) is 17.0 Å². The highest BCUT2D eigenvalue weighted by Gasteiger charge is 2.13. The van der Waals surface area contributed by atoms with Crippen LogP contribution in [-0.2, 0) is 6.54 Å². The van der Waals surface area contributed by atoms with E-state index in [1.54, 1.807) is 42.5 Å². The Morgan fingerprint density at radius 2 is 1.69 bits per heavy atom. The quantitative estimate of drug-likeness (QED) is 0.318. The van der Waals surface area contributed by atoms with Gasteiger partial charge in [0.1, 0.15) is 17.2 Å². The number of hydrogen-bond acceptors (Lipinski definition) is 4. The zero-order valence-corrected chi connectivity index (χ0v) is 21.1. The predicted molar refractivity (Wildman–Crippen MR) is 142 cm³/mol. The second-order valence-electron chi connectivity index (χ2n) is 9.28. The van der Waals surface area contributed by atoms with E-state index in [4.69, 9.17) is 4.74 Å². The van der Waals surface area contributed by atoms with Gasteiger partial charge in [-0.05, 0) is 107 Å². The lowest BCUT2D eigenvalue weighted by molar-refractivity contribution is 0.102. The summed E-state index contributed by atoms with van der Waals surface area (Å²) in [6, 6.07) is 18.3. The Labute approximate surface area is 206 Å². The Hall–Kier alpha value is -3.77. The lowest BCUT2D eigenvalue weighted by Crippen LogP contribution is -2.15. The highest BCUT2D eigenvalue weighted by molar-refractivity contribution is 6.04. The van der Waals surface area contributed by atoms with Crippen LogP contribution in [0.4, 0.5) is 5.69 Å². The molecule has 4 aromatic rings. The van der Waals surface area contributed by atoms with E-state index in [2.05, 4.69) is 54.9 Å². The Bertz CT molecular complexity index is 1350. The average Bonchev–Trinajstić information content (AvgIpc) is 3.06. The molecule has 0 aliphatic heterocycles. The molecule has 1 heterocycles. The first kappa shape index (κ1) is 24.4. The standard InChI is InChI=1S/C29H33N3O3/c1-19-7-10-23(17-28(19)33)30-29(34)22-8-11-24(12-9-22)35-25-13-14-27-26(18-25)20(2)21(3)32(27)16-6-15-31(4)5/h7-14,17-18,33H,6,15-16H2,1-5H3,(H,30,34). The Kier molecular flexibility index (Phi) is 7.12. The normalized spacial score (nSPS) is 11.3. The first-order valence-corrected chi connectivity index (χ1v) is 11.9. The summed E-state index contributed by atoms with van der Waals surface area (Å²) >= 11 is 0. The molecule has 0 radical (unpaired) electrons. The van der Waals surface area contributed by atoms with Crippen LogP contribution in [0.2, 0.25) is 0 Å². The van der Waals surface area contributed by atoms with Gasteiger partial charge < -0.3 is 24.6 Å². The van der Waals surface area contributed by atoms with Gasteiger partial charge in [0, 0.05) is 40.5 Å². The summed E-state index contributed by atoms with van der Waals surface area (Å²) in [7, 11) is 4.20. The van der Waals surface area contributed by atoms with Crippen LogP contribution < -0.4 is 10.1 Å². The van der Waals surface area contributed by atoms with Gasteiger partial charge in [-0.1, -0.05) is 6.07 Å². The molecule has 182 valence electrons. The van der Waals surface area contributed by atoms with Crippen LogP contribution in [0.15, 0.2) is 60.7 Å². The molecular weight excluding hydrogens is 438 g/mol. The van der Waals surface area contributed by atoms with E-state index >= 15 is 0 Å². The van der Waals surface area contributed by atoms with Gasteiger partial charge in [-0.2, -0.15) is 0 Å². The molecule has 0 saturated heterocycles. The monoisotopic (exact) mass is 471 g/mol. The van der Waals surface area contributed by atoms with E-state index in [1.807, 2.05) is 13.0 Å². The SMILES string of the molecule is Cc1ccc(NC(=O)c2ccc(Oc3ccc4c(c3)c(C)c(C)n4CCCN(C)C)cc2)cc1O. The van der Waals surface area contributed by atoms with Crippen molar-refractivity contribution in [1.29, 1.82) is 0 Å². The van der Waals surface area contributed by atoms with Crippen molar-refractivity contribution in [3.05, 3.63) is 83.0 Å². The lowest BCUT2D eigenvalue weighted by Gasteiger charge is -2.12. The highest BCUT2D eigenvalue weighted by Crippen LogP contribution is 2.31. The topological polar surface area (TPSA) is 66.7 Å². The van der Waals surface area contributed by atoms with Gasteiger partial charge >= 0.3 is 0 Å². The van der Waals surface area contributed by atoms with Gasteiger partial charge in [0.2, 0.25) is 0 Å². The Morgan fingerprint density at radius 3 is 2.37 bits per heavy atom. The molecule has 0 aliphatic rings. The lowest BCUT2D eigenvalue weighted by atomic mass is 10.1. The number of carbonyl (C=O) groups excluding carboxylic acids is 1. The molecule has 4 rings (SSSR count). The van der Waals surface area contributed by atoms with Crippen molar-refractivity contribution < 1.29 is 14.6 Å². The molecule has 1 aromatic heterocycles. The number of nitrogens with one attached hydrogen (secondary N) is 1. The summed E-state index contributed by atoms with van der Waals surface area (Å²) in [6.07, 6.45) is 1.10. The second kappa shape index (κ2) is 10.2. The number of fused-ring (bicyclic) bond motifs is 1. The maximum atomic E-state index is 12.6. The largest absolute Gasteiger partial charge is 0.508 e. The fourth-order valence-electron chi connectivity index (χ4n) is 4.23. The molecule has 3 aromatic carbocycles. The van der Waals surface area contributed by atoms with E-state index < -0.39 is 0 Å². The Balaban J connectivity index is 1.46. The number of phenolic OH excluding ortho intramolecular Hbond substituents is 1. The summed E-state index contributed by atoms with van der Waals surface area (Å²) in [5, 5.41) is 13.8. The molecule has 0 aliphatic carbocycles. The number of aromatic nitrogens is 1. The van der Waals surface area contributed by atoms with Crippen LogP contribution in [0.1, 0.15) is 33.6 Å². The maximum absolute atomic E-state index is 12.6. The van der Waals surface area contributed by atoms with E-state index in [9.17, 15) is 9.90 Å². The molecular formula is C29H33N3O3. The second-order valence-corrected chi connectivity index (χ2v) is 9.28. The summed E-state index contributed by atoms with van der Waals surface area (Å²) in [6.45, 7) is 8.18. The number of benzene rings is 3. The fraction of sp³-hybridized carbons (Fsp3) is 0.276. The zero-order valence-electron chi connectivity index (χ0n) is 21.1. The van der Waals surface area contributed by atoms with Gasteiger partial charge in [0.05, 0.1) is 0 Å². The number of ether oxygens (including phenoxy) is 1. The van der Waals surface area contributed by atoms with Crippen LogP contribution in [0.5, 0.6) is 17.2 Å². The minimum absolute atomic E-state index is 0.151. The van der Waals surface area contributed by atoms with Gasteiger partial charge in [-0.15, -0.1) is 0 Å². The van der Waals surface area contributed by atoms with Gasteiger partial charge in [-0.3, -0.25) is 4.79 Å². The summed E-state index contributed by atoms with van der Waals surface area (Å²) in [4.78, 5) is 14.8. The van der Waals surface area contributed by atoms with Crippen molar-refractivity contribution in [3.63, 3.8) is 0 Å². The summed E-state index contributed by atoms with van der Waals surface area (Å²) in [5.74, 6) is 1.33. The zero-order chi connectivity index (χ0) is 25.1. The molecule has 35 heavy (non-hydrogen) atoms. The van der Waals surface area contributed by atoms with Crippen molar-refractivity contribution in [2.75, 3.05) is 26.0 Å². The van der Waals surface area contributed by atoms with E-state index in [1.165, 1.54) is 22.2 Å². The molecule has 0 saturated carbocycles. The third-order valence-corrected chi connectivity index (χ3v) is 6.42. The Morgan fingerprint density at radius 1 is 0.971 bits per heavy atom. The number of aryl methyl sites for hydroxylation is 3. The maximum Gasteiger partial charge on any atom is 0.255 e. The van der Waals surface area contributed by atoms with Crippen LogP contribution in [-0.4, -0.2) is 41.1 Å². The van der Waals surface area contributed by atoms with Crippen molar-refractivity contribution >= 4 is 22.5 Å². The first-order chi connectivity index (χ1) is 16.7. The fourth-order valence-corrected chi connectivity index (χ4v) is 4.23. The third kappa shape index (κ3) is 5.49. The minimum Gasteiger partial charge on any atom is -0.508 e. The molecule has 1 amide bonds. The minimum atomic E-state index is -0.247. The van der Waals surface area contributed by atoms with Gasteiger partial charge in [0.15, 0.2) is 0 Å². The molecule has 0 fully saturated rings. The summed E-state index contributed by atoms with van der Waals surface area (Å²) in [5.41, 5.74) is 5.59. The summed E-state index contributed by atoms with van der Waals surface area (Å²) < 4.78 is 8.49. The third-order valence-electron chi connectivity index (χ3n) is 6.42. The van der Waals surface area contributed by atoms with Crippen LogP contribution >= 0.6 is 0 Å². The van der Waals surface area contributed by atoms with Crippen LogP contribution in [0.3, 0.4) is 0 Å². The van der Waals surface area contributed by atoms with Crippen LogP contribution in [0.25, 0.3) is 10.9 Å². The number of hydrogen-bond donors (Lipinski definition) is 2. The van der Waals surface area contributed by atoms with Gasteiger partial charge in [0.25, 0.3) is 5.91 Å². The van der Waals surface area contributed by atoms with E-state index in [-0.39, 0.29) is 11.7 Å². The average molecular weight is 472 g/mol. The number of nitrogens with zero attached hydrogens (tertiary/aromatic N) is 2. The predicted octanol–water partition coefficient (Wildman–Crippen LogP) is 6.27. The van der Waals surface area contributed by atoms with Crippen molar-refractivity contribution in [3.8, 4) is 17.2 Å². The van der Waals surface area contributed by atoms with Gasteiger partial charge in [-0.25, -0.2) is 0 Å². The first-order valence-electron chi connectivity index (χ1n) is 11.9. The van der Waals surface area contributed by atoms with Crippen molar-refractivity contribution in [2.24, 2.45) is 0 Å².